The fraction of sp³-hybridized carbons (Fsp3) is 0.533. The highest BCUT2D eigenvalue weighted by Crippen LogP contribution is 2.15. The Balaban J connectivity index is 2.48. The van der Waals surface area contributed by atoms with E-state index >= 15 is 0 Å². The summed E-state index contributed by atoms with van der Waals surface area (Å²) in [7, 11) is 0. The van der Waals surface area contributed by atoms with Crippen LogP contribution in [-0.4, -0.2) is 18.5 Å². The minimum absolute atomic E-state index is 0.0431. The molecule has 0 aliphatic rings. The molecule has 3 nitrogen and oxygen atoms in total. The standard InChI is InChI=1S/C15H24N2O/c1-5-12(4)17-15(18)10-16-14-8-7-13(6-2)11(3)9-14/h7-9,12,16H,5-6,10H2,1-4H3,(H,17,18). The fourth-order valence-electron chi connectivity index (χ4n) is 1.81. The molecule has 100 valence electrons. The van der Waals surface area contributed by atoms with Crippen LogP contribution in [-0.2, 0) is 11.2 Å². The second-order valence-corrected chi connectivity index (χ2v) is 4.73. The molecule has 1 rings (SSSR count). The second kappa shape index (κ2) is 7.04. The van der Waals surface area contributed by atoms with Gasteiger partial charge in [0.1, 0.15) is 0 Å². The van der Waals surface area contributed by atoms with E-state index in [2.05, 4.69) is 43.5 Å². The lowest BCUT2D eigenvalue weighted by Gasteiger charge is -2.13. The summed E-state index contributed by atoms with van der Waals surface area (Å²) in [4.78, 5) is 11.6. The highest BCUT2D eigenvalue weighted by molar-refractivity contribution is 5.80. The normalized spacial score (nSPS) is 12.0. The third-order valence-corrected chi connectivity index (χ3v) is 3.20. The predicted molar refractivity (Wildman–Crippen MR) is 76.9 cm³/mol. The Morgan fingerprint density at radius 1 is 1.33 bits per heavy atom. The van der Waals surface area contributed by atoms with Gasteiger partial charge in [-0.2, -0.15) is 0 Å². The van der Waals surface area contributed by atoms with E-state index in [1.807, 2.05) is 13.0 Å². The Labute approximate surface area is 110 Å². The molecular weight excluding hydrogens is 224 g/mol. The van der Waals surface area contributed by atoms with Gasteiger partial charge in [-0.15, -0.1) is 0 Å². The van der Waals surface area contributed by atoms with Crippen molar-refractivity contribution in [2.24, 2.45) is 0 Å². The molecule has 0 aromatic heterocycles. The van der Waals surface area contributed by atoms with Crippen molar-refractivity contribution in [3.05, 3.63) is 29.3 Å². The van der Waals surface area contributed by atoms with Crippen molar-refractivity contribution in [3.8, 4) is 0 Å². The molecular formula is C15H24N2O. The van der Waals surface area contributed by atoms with E-state index in [1.165, 1.54) is 11.1 Å². The van der Waals surface area contributed by atoms with E-state index in [1.54, 1.807) is 0 Å². The van der Waals surface area contributed by atoms with Crippen LogP contribution in [0.2, 0.25) is 0 Å². The lowest BCUT2D eigenvalue weighted by Crippen LogP contribution is -2.36. The molecule has 0 saturated carbocycles. The first-order valence-electron chi connectivity index (χ1n) is 6.69. The van der Waals surface area contributed by atoms with E-state index in [0.717, 1.165) is 18.5 Å². The smallest absolute Gasteiger partial charge is 0.239 e. The van der Waals surface area contributed by atoms with Crippen molar-refractivity contribution >= 4 is 11.6 Å². The van der Waals surface area contributed by atoms with Crippen molar-refractivity contribution in [2.75, 3.05) is 11.9 Å². The molecule has 0 aliphatic carbocycles. The molecule has 0 heterocycles. The van der Waals surface area contributed by atoms with Crippen LogP contribution >= 0.6 is 0 Å². The molecule has 2 N–H and O–H groups in total. The van der Waals surface area contributed by atoms with Crippen LogP contribution in [0.4, 0.5) is 5.69 Å². The van der Waals surface area contributed by atoms with Crippen LogP contribution in [0, 0.1) is 6.92 Å². The first-order chi connectivity index (χ1) is 8.56. The number of carbonyl (C=O) groups excluding carboxylic acids is 1. The van der Waals surface area contributed by atoms with E-state index < -0.39 is 0 Å². The molecule has 1 amide bonds. The molecule has 0 saturated heterocycles. The van der Waals surface area contributed by atoms with Crippen molar-refractivity contribution in [1.82, 2.24) is 5.32 Å². The number of rotatable bonds is 6. The van der Waals surface area contributed by atoms with Crippen LogP contribution in [0.1, 0.15) is 38.3 Å². The lowest BCUT2D eigenvalue weighted by atomic mass is 10.1. The van der Waals surface area contributed by atoms with E-state index in [0.29, 0.717) is 6.54 Å². The third-order valence-electron chi connectivity index (χ3n) is 3.20. The van der Waals surface area contributed by atoms with Gasteiger partial charge in [-0.1, -0.05) is 19.9 Å². The molecule has 1 aromatic rings. The van der Waals surface area contributed by atoms with Crippen molar-refractivity contribution < 1.29 is 4.79 Å². The first-order valence-corrected chi connectivity index (χ1v) is 6.69. The van der Waals surface area contributed by atoms with Gasteiger partial charge in [0.25, 0.3) is 0 Å². The molecule has 0 radical (unpaired) electrons. The number of hydrogen-bond acceptors (Lipinski definition) is 2. The Bertz CT molecular complexity index is 401. The van der Waals surface area contributed by atoms with Gasteiger partial charge in [0.2, 0.25) is 5.91 Å². The quantitative estimate of drug-likeness (QED) is 0.812. The van der Waals surface area contributed by atoms with Crippen LogP contribution < -0.4 is 10.6 Å². The zero-order valence-corrected chi connectivity index (χ0v) is 11.8. The van der Waals surface area contributed by atoms with Gasteiger partial charge in [0.05, 0.1) is 6.54 Å². The summed E-state index contributed by atoms with van der Waals surface area (Å²) in [5.74, 6) is 0.0431. The summed E-state index contributed by atoms with van der Waals surface area (Å²) in [5.41, 5.74) is 3.62. The molecule has 0 fully saturated rings. The molecule has 1 atom stereocenters. The van der Waals surface area contributed by atoms with Crippen LogP contribution in [0.25, 0.3) is 0 Å². The molecule has 0 spiro atoms. The molecule has 18 heavy (non-hydrogen) atoms. The van der Waals surface area contributed by atoms with Crippen molar-refractivity contribution in [2.45, 2.75) is 46.6 Å². The summed E-state index contributed by atoms with van der Waals surface area (Å²) in [6.07, 6.45) is 2.00. The van der Waals surface area contributed by atoms with Crippen LogP contribution in [0.3, 0.4) is 0 Å². The van der Waals surface area contributed by atoms with E-state index in [-0.39, 0.29) is 11.9 Å². The second-order valence-electron chi connectivity index (χ2n) is 4.73. The van der Waals surface area contributed by atoms with Crippen molar-refractivity contribution in [1.29, 1.82) is 0 Å². The zero-order valence-electron chi connectivity index (χ0n) is 11.8. The summed E-state index contributed by atoms with van der Waals surface area (Å²) in [6, 6.07) is 6.48. The maximum Gasteiger partial charge on any atom is 0.239 e. The average molecular weight is 248 g/mol. The number of aryl methyl sites for hydroxylation is 2. The SMILES string of the molecule is CCc1ccc(NCC(=O)NC(C)CC)cc1C. The molecule has 0 bridgehead atoms. The highest BCUT2D eigenvalue weighted by Gasteiger charge is 2.05. The van der Waals surface area contributed by atoms with E-state index in [4.69, 9.17) is 0 Å². The minimum atomic E-state index is 0.0431. The lowest BCUT2D eigenvalue weighted by molar-refractivity contribution is -0.120. The Hall–Kier alpha value is -1.51. The first kappa shape index (κ1) is 14.6. The summed E-state index contributed by atoms with van der Waals surface area (Å²) >= 11 is 0. The highest BCUT2D eigenvalue weighted by atomic mass is 16.1. The topological polar surface area (TPSA) is 41.1 Å². The number of anilines is 1. The molecule has 0 aliphatic heterocycles. The number of carbonyl (C=O) groups is 1. The summed E-state index contributed by atoms with van der Waals surface area (Å²) in [6.45, 7) is 8.65. The van der Waals surface area contributed by atoms with Gasteiger partial charge in [-0.05, 0) is 49.9 Å². The predicted octanol–water partition coefficient (Wildman–Crippen LogP) is 2.88. The van der Waals surface area contributed by atoms with Gasteiger partial charge in [0, 0.05) is 11.7 Å². The van der Waals surface area contributed by atoms with Crippen molar-refractivity contribution in [3.63, 3.8) is 0 Å². The zero-order chi connectivity index (χ0) is 13.5. The third kappa shape index (κ3) is 4.40. The molecule has 1 aromatic carbocycles. The molecule has 3 heteroatoms. The minimum Gasteiger partial charge on any atom is -0.376 e. The Morgan fingerprint density at radius 2 is 2.06 bits per heavy atom. The Morgan fingerprint density at radius 3 is 2.61 bits per heavy atom. The Kier molecular flexibility index (Phi) is 5.69. The fourth-order valence-corrected chi connectivity index (χ4v) is 1.81. The van der Waals surface area contributed by atoms with Crippen LogP contribution in [0.5, 0.6) is 0 Å². The number of benzene rings is 1. The maximum atomic E-state index is 11.6. The summed E-state index contributed by atoms with van der Waals surface area (Å²) in [5, 5.41) is 6.09. The van der Waals surface area contributed by atoms with Gasteiger partial charge in [-0.25, -0.2) is 0 Å². The van der Waals surface area contributed by atoms with Crippen LogP contribution in [0.15, 0.2) is 18.2 Å². The number of nitrogens with one attached hydrogen (secondary N) is 2. The van der Waals surface area contributed by atoms with E-state index in [9.17, 15) is 4.79 Å². The maximum absolute atomic E-state index is 11.6. The van der Waals surface area contributed by atoms with Gasteiger partial charge >= 0.3 is 0 Å². The molecule has 1 unspecified atom stereocenters. The average Bonchev–Trinajstić information content (AvgIpc) is 2.36. The number of hydrogen-bond donors (Lipinski definition) is 2. The largest absolute Gasteiger partial charge is 0.376 e. The van der Waals surface area contributed by atoms with Gasteiger partial charge < -0.3 is 10.6 Å². The number of amides is 1. The monoisotopic (exact) mass is 248 g/mol. The summed E-state index contributed by atoms with van der Waals surface area (Å²) < 4.78 is 0. The van der Waals surface area contributed by atoms with Gasteiger partial charge in [0.15, 0.2) is 0 Å². The van der Waals surface area contributed by atoms with Gasteiger partial charge in [-0.3, -0.25) is 4.79 Å².